The molecule has 8 heteroatoms. The van der Waals surface area contributed by atoms with Gasteiger partial charge in [-0.3, -0.25) is 14.5 Å². The minimum absolute atomic E-state index is 0.0137. The first-order valence-electron chi connectivity index (χ1n) is 7.14. The average molecular weight is 368 g/mol. The van der Waals surface area contributed by atoms with Crippen molar-refractivity contribution in [3.8, 4) is 11.5 Å². The molecule has 0 radical (unpaired) electrons. The number of rotatable bonds is 4. The van der Waals surface area contributed by atoms with Gasteiger partial charge in [0.25, 0.3) is 11.8 Å². The van der Waals surface area contributed by atoms with Gasteiger partial charge in [-0.1, -0.05) is 11.6 Å². The minimum Gasteiger partial charge on any atom is -0.493 e. The number of imide groups is 1. The van der Waals surface area contributed by atoms with Gasteiger partial charge in [0.05, 0.1) is 36.9 Å². The van der Waals surface area contributed by atoms with Crippen LogP contribution in [0.25, 0.3) is 0 Å². The lowest BCUT2D eigenvalue weighted by atomic mass is 10.1. The van der Waals surface area contributed by atoms with Gasteiger partial charge < -0.3 is 9.47 Å². The molecule has 2 amide bonds. The van der Waals surface area contributed by atoms with Crippen LogP contribution in [-0.2, 0) is 6.54 Å². The molecule has 1 aliphatic heterocycles. The monoisotopic (exact) mass is 367 g/mol. The van der Waals surface area contributed by atoms with Gasteiger partial charge in [-0.2, -0.15) is 0 Å². The Labute approximate surface area is 146 Å². The molecule has 5 nitrogen and oxygen atoms in total. The zero-order valence-corrected chi connectivity index (χ0v) is 14.0. The molecule has 3 rings (SSSR count). The second-order valence-electron chi connectivity index (χ2n) is 5.24. The number of fused-ring (bicyclic) bond motifs is 1. The van der Waals surface area contributed by atoms with Crippen molar-refractivity contribution in [2.75, 3.05) is 14.2 Å². The number of benzene rings is 2. The molecule has 0 N–H and O–H groups in total. The van der Waals surface area contributed by atoms with Crippen LogP contribution in [0.1, 0.15) is 26.3 Å². The third-order valence-electron chi connectivity index (χ3n) is 3.94. The Morgan fingerprint density at radius 3 is 2.32 bits per heavy atom. The Hall–Kier alpha value is -2.67. The summed E-state index contributed by atoms with van der Waals surface area (Å²) in [6.07, 6.45) is 0. The molecule has 0 unspecified atom stereocenters. The molecule has 2 aromatic rings. The fraction of sp³-hybridized carbons (Fsp3) is 0.176. The van der Waals surface area contributed by atoms with Gasteiger partial charge in [0.1, 0.15) is 11.6 Å². The lowest BCUT2D eigenvalue weighted by molar-refractivity contribution is 0.0640. The zero-order chi connectivity index (χ0) is 18.3. The Morgan fingerprint density at radius 2 is 1.68 bits per heavy atom. The standard InChI is InChI=1S/C17H12ClF2NO4/c1-24-12-6-3-8-13(15(12)25-2)17(23)21(16(8)22)7-9-10(19)4-5-11(20)14(9)18/h3-6H,7H2,1-2H3. The van der Waals surface area contributed by atoms with Crippen LogP contribution >= 0.6 is 11.6 Å². The molecule has 0 fully saturated rings. The first kappa shape index (κ1) is 17.2. The highest BCUT2D eigenvalue weighted by Gasteiger charge is 2.40. The van der Waals surface area contributed by atoms with E-state index in [0.29, 0.717) is 0 Å². The predicted molar refractivity (Wildman–Crippen MR) is 85.1 cm³/mol. The van der Waals surface area contributed by atoms with Gasteiger partial charge in [-0.15, -0.1) is 0 Å². The van der Waals surface area contributed by atoms with Crippen molar-refractivity contribution < 1.29 is 27.8 Å². The molecular formula is C17H12ClF2NO4. The maximum absolute atomic E-state index is 14.0. The van der Waals surface area contributed by atoms with Crippen LogP contribution in [0, 0.1) is 11.6 Å². The van der Waals surface area contributed by atoms with Crippen molar-refractivity contribution in [2.24, 2.45) is 0 Å². The van der Waals surface area contributed by atoms with Gasteiger partial charge in [-0.25, -0.2) is 8.78 Å². The molecule has 2 aromatic carbocycles. The summed E-state index contributed by atoms with van der Waals surface area (Å²) in [5.74, 6) is -2.62. The van der Waals surface area contributed by atoms with Gasteiger partial charge in [0.15, 0.2) is 11.5 Å². The van der Waals surface area contributed by atoms with Crippen LogP contribution in [0.2, 0.25) is 5.02 Å². The van der Waals surface area contributed by atoms with E-state index in [9.17, 15) is 18.4 Å². The number of amides is 2. The summed E-state index contributed by atoms with van der Waals surface area (Å²) < 4.78 is 37.9. The van der Waals surface area contributed by atoms with Crippen molar-refractivity contribution in [2.45, 2.75) is 6.54 Å². The van der Waals surface area contributed by atoms with Gasteiger partial charge in [-0.05, 0) is 24.3 Å². The smallest absolute Gasteiger partial charge is 0.265 e. The molecule has 0 bridgehead atoms. The number of hydrogen-bond acceptors (Lipinski definition) is 4. The maximum Gasteiger partial charge on any atom is 0.265 e. The third-order valence-corrected chi connectivity index (χ3v) is 4.34. The van der Waals surface area contributed by atoms with Crippen LogP contribution < -0.4 is 9.47 Å². The topological polar surface area (TPSA) is 55.8 Å². The highest BCUT2D eigenvalue weighted by atomic mass is 35.5. The largest absolute Gasteiger partial charge is 0.493 e. The first-order valence-corrected chi connectivity index (χ1v) is 7.52. The van der Waals surface area contributed by atoms with Crippen molar-refractivity contribution >= 4 is 23.4 Å². The molecule has 0 spiro atoms. The summed E-state index contributed by atoms with van der Waals surface area (Å²) in [4.78, 5) is 26.0. The van der Waals surface area contributed by atoms with E-state index in [1.165, 1.54) is 26.4 Å². The molecule has 25 heavy (non-hydrogen) atoms. The van der Waals surface area contributed by atoms with Crippen molar-refractivity contribution in [1.82, 2.24) is 4.90 Å². The average Bonchev–Trinajstić information content (AvgIpc) is 2.85. The zero-order valence-electron chi connectivity index (χ0n) is 13.2. The van der Waals surface area contributed by atoms with E-state index in [2.05, 4.69) is 0 Å². The number of halogens is 3. The molecule has 130 valence electrons. The molecule has 1 heterocycles. The number of nitrogens with zero attached hydrogens (tertiary/aromatic N) is 1. The van der Waals surface area contributed by atoms with Crippen molar-refractivity contribution in [3.05, 3.63) is 57.6 Å². The van der Waals surface area contributed by atoms with E-state index in [0.717, 1.165) is 17.0 Å². The van der Waals surface area contributed by atoms with E-state index < -0.39 is 35.0 Å². The van der Waals surface area contributed by atoms with Crippen molar-refractivity contribution in [1.29, 1.82) is 0 Å². The molecule has 1 aliphatic rings. The van der Waals surface area contributed by atoms with Crippen LogP contribution in [0.15, 0.2) is 24.3 Å². The molecule has 0 atom stereocenters. The Kier molecular flexibility index (Phi) is 4.34. The lowest BCUT2D eigenvalue weighted by Crippen LogP contribution is -2.29. The Bertz CT molecular complexity index is 901. The van der Waals surface area contributed by atoms with Crippen LogP contribution in [0.3, 0.4) is 0 Å². The highest BCUT2D eigenvalue weighted by Crippen LogP contribution is 2.39. The molecular weight excluding hydrogens is 356 g/mol. The van der Waals surface area contributed by atoms with E-state index in [1.54, 1.807) is 0 Å². The second kappa shape index (κ2) is 6.33. The Morgan fingerprint density at radius 1 is 1.00 bits per heavy atom. The highest BCUT2D eigenvalue weighted by molar-refractivity contribution is 6.31. The van der Waals surface area contributed by atoms with Gasteiger partial charge in [0.2, 0.25) is 0 Å². The van der Waals surface area contributed by atoms with E-state index in [1.807, 2.05) is 0 Å². The number of carbonyl (C=O) groups is 2. The van der Waals surface area contributed by atoms with Crippen molar-refractivity contribution in [3.63, 3.8) is 0 Å². The molecule has 0 aromatic heterocycles. The van der Waals surface area contributed by atoms with Crippen LogP contribution in [-0.4, -0.2) is 30.9 Å². The summed E-state index contributed by atoms with van der Waals surface area (Å²) in [5.41, 5.74) is -0.169. The van der Waals surface area contributed by atoms with Gasteiger partial charge in [0, 0.05) is 5.56 Å². The maximum atomic E-state index is 14.0. The summed E-state index contributed by atoms with van der Waals surface area (Å²) in [5, 5.41) is -0.471. The molecule has 0 saturated heterocycles. The van der Waals surface area contributed by atoms with E-state index >= 15 is 0 Å². The first-order chi connectivity index (χ1) is 11.9. The lowest BCUT2D eigenvalue weighted by Gasteiger charge is -2.16. The normalized spacial score (nSPS) is 13.2. The Balaban J connectivity index is 2.06. The fourth-order valence-electron chi connectivity index (χ4n) is 2.71. The minimum atomic E-state index is -0.839. The number of carbonyl (C=O) groups excluding carboxylic acids is 2. The predicted octanol–water partition coefficient (Wildman–Crippen LogP) is 3.43. The SMILES string of the molecule is COc1ccc2c(c1OC)C(=O)N(Cc1c(F)ccc(F)c1Cl)C2=O. The second-order valence-corrected chi connectivity index (χ2v) is 5.62. The summed E-state index contributed by atoms with van der Waals surface area (Å²) in [7, 11) is 2.73. The van der Waals surface area contributed by atoms with E-state index in [4.69, 9.17) is 21.1 Å². The number of methoxy groups -OCH3 is 2. The molecule has 0 aliphatic carbocycles. The summed E-state index contributed by atoms with van der Waals surface area (Å²) in [6.45, 7) is -0.500. The fourth-order valence-corrected chi connectivity index (χ4v) is 2.92. The quantitative estimate of drug-likeness (QED) is 0.613. The van der Waals surface area contributed by atoms with Crippen LogP contribution in [0.4, 0.5) is 8.78 Å². The summed E-state index contributed by atoms with van der Waals surface area (Å²) in [6, 6.07) is 4.66. The number of hydrogen-bond donors (Lipinski definition) is 0. The number of ether oxygens (including phenoxy) is 2. The van der Waals surface area contributed by atoms with Crippen LogP contribution in [0.5, 0.6) is 11.5 Å². The molecule has 0 saturated carbocycles. The summed E-state index contributed by atoms with van der Waals surface area (Å²) >= 11 is 5.78. The van der Waals surface area contributed by atoms with E-state index in [-0.39, 0.29) is 28.2 Å². The third kappa shape index (κ3) is 2.60. The van der Waals surface area contributed by atoms with Gasteiger partial charge >= 0.3 is 0 Å².